The summed E-state index contributed by atoms with van der Waals surface area (Å²) in [7, 11) is 0. The lowest BCUT2D eigenvalue weighted by Crippen LogP contribution is -2.13. The monoisotopic (exact) mass is 145 g/mol. The third-order valence-corrected chi connectivity index (χ3v) is 0.518. The van der Waals surface area contributed by atoms with Crippen molar-refractivity contribution in [2.24, 2.45) is 5.73 Å². The number of rotatable bonds is 1. The highest BCUT2D eigenvalue weighted by Crippen LogP contribution is 1.71. The van der Waals surface area contributed by atoms with Crippen molar-refractivity contribution in [1.29, 1.82) is 0 Å². The Kier molecular flexibility index (Phi) is 4.04. The van der Waals surface area contributed by atoms with Crippen molar-refractivity contribution in [1.82, 2.24) is 0 Å². The molecule has 1 amide bonds. The molecule has 0 spiro atoms. The summed E-state index contributed by atoms with van der Waals surface area (Å²) >= 11 is 0. The molecule has 0 aromatic heterocycles. The SMILES string of the molecule is NC(=O)OCC#CC(O)O. The summed E-state index contributed by atoms with van der Waals surface area (Å²) in [6, 6.07) is 0. The molecule has 0 radical (unpaired) electrons. The van der Waals surface area contributed by atoms with Gasteiger partial charge in [-0.15, -0.1) is 0 Å². The standard InChI is InChI=1S/C5H7NO4/c6-5(9)10-3-1-2-4(7)8/h4,7-8H,3H2,(H2,6,9). The highest BCUT2D eigenvalue weighted by atomic mass is 16.5. The van der Waals surface area contributed by atoms with Crippen molar-refractivity contribution in [3.05, 3.63) is 0 Å². The van der Waals surface area contributed by atoms with Crippen LogP contribution in [0.25, 0.3) is 0 Å². The number of aliphatic hydroxyl groups is 2. The largest absolute Gasteiger partial charge is 0.437 e. The summed E-state index contributed by atoms with van der Waals surface area (Å²) < 4.78 is 4.14. The average molecular weight is 145 g/mol. The van der Waals surface area contributed by atoms with Gasteiger partial charge in [0.2, 0.25) is 6.29 Å². The highest BCUT2D eigenvalue weighted by Gasteiger charge is 1.88. The normalized spacial score (nSPS) is 8.30. The van der Waals surface area contributed by atoms with Crippen LogP contribution in [-0.2, 0) is 4.74 Å². The summed E-state index contributed by atoms with van der Waals surface area (Å²) in [5.74, 6) is 4.07. The number of nitrogens with two attached hydrogens (primary N) is 1. The molecule has 5 nitrogen and oxygen atoms in total. The molecule has 0 rings (SSSR count). The van der Waals surface area contributed by atoms with E-state index in [2.05, 4.69) is 16.4 Å². The van der Waals surface area contributed by atoms with E-state index in [9.17, 15) is 4.79 Å². The third kappa shape index (κ3) is 6.75. The fraction of sp³-hybridized carbons (Fsp3) is 0.400. The van der Waals surface area contributed by atoms with Gasteiger partial charge in [0.05, 0.1) is 0 Å². The van der Waals surface area contributed by atoms with Gasteiger partial charge >= 0.3 is 6.09 Å². The van der Waals surface area contributed by atoms with Gasteiger partial charge in [-0.3, -0.25) is 0 Å². The van der Waals surface area contributed by atoms with Gasteiger partial charge in [0.1, 0.15) is 0 Å². The van der Waals surface area contributed by atoms with E-state index in [1.807, 2.05) is 5.92 Å². The number of ether oxygens (including phenoxy) is 1. The van der Waals surface area contributed by atoms with Crippen molar-refractivity contribution in [3.63, 3.8) is 0 Å². The fourth-order valence-corrected chi connectivity index (χ4v) is 0.240. The Balaban J connectivity index is 3.38. The summed E-state index contributed by atoms with van der Waals surface area (Å²) in [4.78, 5) is 9.85. The lowest BCUT2D eigenvalue weighted by molar-refractivity contribution is 0.0106. The molecule has 0 aliphatic carbocycles. The van der Waals surface area contributed by atoms with Crippen molar-refractivity contribution >= 4 is 6.09 Å². The number of carbonyl (C=O) groups excluding carboxylic acids is 1. The second-order valence-corrected chi connectivity index (χ2v) is 1.30. The Morgan fingerprint density at radius 2 is 2.30 bits per heavy atom. The predicted octanol–water partition coefficient (Wildman–Crippen LogP) is -1.60. The summed E-state index contributed by atoms with van der Waals surface area (Å²) in [6.45, 7) is -0.229. The number of hydrogen-bond acceptors (Lipinski definition) is 4. The van der Waals surface area contributed by atoms with Gasteiger partial charge in [-0.05, 0) is 5.92 Å². The van der Waals surface area contributed by atoms with Crippen LogP contribution >= 0.6 is 0 Å². The van der Waals surface area contributed by atoms with Gasteiger partial charge in [0.25, 0.3) is 0 Å². The molecule has 0 aliphatic heterocycles. The van der Waals surface area contributed by atoms with Crippen LogP contribution in [0.5, 0.6) is 0 Å². The van der Waals surface area contributed by atoms with Gasteiger partial charge in [0, 0.05) is 0 Å². The molecule has 4 N–H and O–H groups in total. The van der Waals surface area contributed by atoms with Gasteiger partial charge in [-0.25, -0.2) is 4.79 Å². The van der Waals surface area contributed by atoms with Crippen LogP contribution in [0.4, 0.5) is 4.79 Å². The molecular weight excluding hydrogens is 138 g/mol. The average Bonchev–Trinajstić information content (AvgIpc) is 1.79. The van der Waals surface area contributed by atoms with Gasteiger partial charge in [-0.2, -0.15) is 0 Å². The molecule has 0 atom stereocenters. The van der Waals surface area contributed by atoms with Crippen molar-refractivity contribution < 1.29 is 19.7 Å². The van der Waals surface area contributed by atoms with Crippen molar-refractivity contribution in [2.45, 2.75) is 6.29 Å². The molecule has 0 saturated carbocycles. The topological polar surface area (TPSA) is 92.8 Å². The minimum absolute atomic E-state index is 0.229. The number of hydrogen-bond donors (Lipinski definition) is 3. The Labute approximate surface area is 57.4 Å². The minimum atomic E-state index is -1.70. The third-order valence-electron chi connectivity index (χ3n) is 0.518. The van der Waals surface area contributed by atoms with E-state index >= 15 is 0 Å². The molecular formula is C5H7NO4. The Hall–Kier alpha value is -1.25. The summed E-state index contributed by atoms with van der Waals surface area (Å²) in [5.41, 5.74) is 4.56. The number of amides is 1. The minimum Gasteiger partial charge on any atom is -0.437 e. The smallest absolute Gasteiger partial charge is 0.405 e. The van der Waals surface area contributed by atoms with E-state index < -0.39 is 12.4 Å². The van der Waals surface area contributed by atoms with Crippen LogP contribution in [0.2, 0.25) is 0 Å². The molecule has 0 fully saturated rings. The van der Waals surface area contributed by atoms with E-state index in [0.717, 1.165) is 0 Å². The molecule has 0 bridgehead atoms. The highest BCUT2D eigenvalue weighted by molar-refractivity contribution is 5.64. The molecule has 0 saturated heterocycles. The maximum atomic E-state index is 9.85. The second-order valence-electron chi connectivity index (χ2n) is 1.30. The van der Waals surface area contributed by atoms with E-state index in [1.54, 1.807) is 0 Å². The van der Waals surface area contributed by atoms with Gasteiger partial charge in [-0.1, -0.05) is 5.92 Å². The van der Waals surface area contributed by atoms with Gasteiger partial charge in [0.15, 0.2) is 6.61 Å². The molecule has 0 heterocycles. The van der Waals surface area contributed by atoms with Crippen molar-refractivity contribution in [2.75, 3.05) is 6.61 Å². The Bertz CT molecular complexity index is 166. The molecule has 0 unspecified atom stereocenters. The van der Waals surface area contributed by atoms with Crippen LogP contribution in [0.1, 0.15) is 0 Å². The maximum Gasteiger partial charge on any atom is 0.405 e. The first-order valence-corrected chi connectivity index (χ1v) is 2.39. The maximum absolute atomic E-state index is 9.85. The lowest BCUT2D eigenvalue weighted by atomic mass is 10.6. The van der Waals surface area contributed by atoms with Gasteiger partial charge < -0.3 is 20.7 Å². The molecule has 5 heteroatoms. The zero-order chi connectivity index (χ0) is 7.98. The first-order valence-electron chi connectivity index (χ1n) is 2.39. The Morgan fingerprint density at radius 1 is 1.70 bits per heavy atom. The second kappa shape index (κ2) is 4.61. The predicted molar refractivity (Wildman–Crippen MR) is 31.5 cm³/mol. The first-order chi connectivity index (χ1) is 4.63. The lowest BCUT2D eigenvalue weighted by Gasteiger charge is -1.91. The van der Waals surface area contributed by atoms with E-state index in [1.165, 1.54) is 0 Å². The summed E-state index contributed by atoms with van der Waals surface area (Å²) in [6.07, 6.45) is -2.64. The van der Waals surface area contributed by atoms with E-state index in [4.69, 9.17) is 10.2 Å². The fourth-order valence-electron chi connectivity index (χ4n) is 0.240. The molecule has 56 valence electrons. The number of carbonyl (C=O) groups is 1. The zero-order valence-electron chi connectivity index (χ0n) is 5.07. The molecule has 0 aromatic carbocycles. The quantitative estimate of drug-likeness (QED) is 0.306. The van der Waals surface area contributed by atoms with Crippen LogP contribution in [0.15, 0.2) is 0 Å². The zero-order valence-corrected chi connectivity index (χ0v) is 5.07. The van der Waals surface area contributed by atoms with E-state index in [-0.39, 0.29) is 6.61 Å². The van der Waals surface area contributed by atoms with Crippen LogP contribution in [-0.4, -0.2) is 29.2 Å². The number of aliphatic hydroxyl groups excluding tert-OH is 1. The van der Waals surface area contributed by atoms with Crippen molar-refractivity contribution in [3.8, 4) is 11.8 Å². The van der Waals surface area contributed by atoms with Crippen LogP contribution in [0.3, 0.4) is 0 Å². The summed E-state index contributed by atoms with van der Waals surface area (Å²) in [5, 5.41) is 16.3. The molecule has 10 heavy (non-hydrogen) atoms. The molecule has 0 aliphatic rings. The van der Waals surface area contributed by atoms with Crippen LogP contribution in [0, 0.1) is 11.8 Å². The first kappa shape index (κ1) is 8.75. The molecule has 0 aromatic rings. The van der Waals surface area contributed by atoms with Crippen LogP contribution < -0.4 is 5.73 Å². The van der Waals surface area contributed by atoms with E-state index in [0.29, 0.717) is 0 Å². The Morgan fingerprint density at radius 3 is 2.70 bits per heavy atom. The number of primary amides is 1.